The maximum atomic E-state index is 12.4. The first-order chi connectivity index (χ1) is 9.74. The van der Waals surface area contributed by atoms with Gasteiger partial charge < -0.3 is 9.47 Å². The van der Waals surface area contributed by atoms with E-state index in [-0.39, 0.29) is 5.78 Å². The summed E-state index contributed by atoms with van der Waals surface area (Å²) in [4.78, 5) is 20.5. The topological polar surface area (TPSA) is 61.3 Å². The van der Waals surface area contributed by atoms with Gasteiger partial charge in [-0.25, -0.2) is 9.97 Å². The van der Waals surface area contributed by atoms with E-state index in [4.69, 9.17) is 9.47 Å². The molecule has 0 amide bonds. The highest BCUT2D eigenvalue weighted by atomic mass is 16.5. The Labute approximate surface area is 116 Å². The molecule has 0 atom stereocenters. The fourth-order valence-corrected chi connectivity index (χ4v) is 2.04. The number of ether oxygens (including phenoxy) is 2. The zero-order chi connectivity index (χ0) is 13.9. The van der Waals surface area contributed by atoms with Crippen LogP contribution in [0.1, 0.15) is 28.3 Å². The standard InChI is InChI=1S/C15H14N2O3/c1-10-16-6-5-12(17-10)15(18)11-3-4-13-14(9-11)20-8-2-7-19-13/h3-6,9H,2,7-8H2,1H3. The molecule has 0 N–H and O–H groups in total. The normalized spacial score (nSPS) is 13.7. The molecule has 0 saturated carbocycles. The Kier molecular flexibility index (Phi) is 3.33. The summed E-state index contributed by atoms with van der Waals surface area (Å²) in [6.45, 7) is 2.98. The highest BCUT2D eigenvalue weighted by molar-refractivity contribution is 6.08. The fraction of sp³-hybridized carbons (Fsp3) is 0.267. The highest BCUT2D eigenvalue weighted by Crippen LogP contribution is 2.30. The van der Waals surface area contributed by atoms with E-state index in [9.17, 15) is 4.79 Å². The van der Waals surface area contributed by atoms with Crippen molar-refractivity contribution in [1.29, 1.82) is 0 Å². The van der Waals surface area contributed by atoms with Crippen molar-refractivity contribution in [3.05, 3.63) is 47.5 Å². The van der Waals surface area contributed by atoms with Crippen molar-refractivity contribution in [2.75, 3.05) is 13.2 Å². The van der Waals surface area contributed by atoms with Gasteiger partial charge in [0.15, 0.2) is 11.5 Å². The van der Waals surface area contributed by atoms with Gasteiger partial charge in [0.05, 0.1) is 13.2 Å². The molecule has 1 aliphatic rings. The van der Waals surface area contributed by atoms with Gasteiger partial charge in [-0.3, -0.25) is 4.79 Å². The molecule has 1 aliphatic heterocycles. The molecule has 0 bridgehead atoms. The molecule has 102 valence electrons. The van der Waals surface area contributed by atoms with E-state index >= 15 is 0 Å². The molecule has 0 radical (unpaired) electrons. The van der Waals surface area contributed by atoms with Crippen molar-refractivity contribution in [3.8, 4) is 11.5 Å². The van der Waals surface area contributed by atoms with Crippen LogP contribution in [0.4, 0.5) is 0 Å². The first kappa shape index (κ1) is 12.6. The van der Waals surface area contributed by atoms with E-state index in [2.05, 4.69) is 9.97 Å². The van der Waals surface area contributed by atoms with Crippen molar-refractivity contribution in [2.45, 2.75) is 13.3 Å². The van der Waals surface area contributed by atoms with Gasteiger partial charge in [-0.05, 0) is 31.2 Å². The summed E-state index contributed by atoms with van der Waals surface area (Å²) in [6.07, 6.45) is 2.42. The Morgan fingerprint density at radius 3 is 2.75 bits per heavy atom. The lowest BCUT2D eigenvalue weighted by Gasteiger charge is -2.08. The van der Waals surface area contributed by atoms with Crippen LogP contribution in [0.2, 0.25) is 0 Å². The van der Waals surface area contributed by atoms with Crippen LogP contribution < -0.4 is 9.47 Å². The van der Waals surface area contributed by atoms with Crippen LogP contribution >= 0.6 is 0 Å². The SMILES string of the molecule is Cc1nccc(C(=O)c2ccc3c(c2)OCCCO3)n1. The van der Waals surface area contributed by atoms with Crippen LogP contribution in [-0.2, 0) is 0 Å². The minimum atomic E-state index is -0.147. The summed E-state index contributed by atoms with van der Waals surface area (Å²) in [6, 6.07) is 6.81. The van der Waals surface area contributed by atoms with Crippen LogP contribution in [0, 0.1) is 6.92 Å². The maximum absolute atomic E-state index is 12.4. The third-order valence-corrected chi connectivity index (χ3v) is 3.02. The minimum absolute atomic E-state index is 0.147. The molecule has 1 aromatic heterocycles. The van der Waals surface area contributed by atoms with Gasteiger partial charge in [0, 0.05) is 18.2 Å². The Hall–Kier alpha value is -2.43. The number of rotatable bonds is 2. The van der Waals surface area contributed by atoms with Gasteiger partial charge >= 0.3 is 0 Å². The summed E-state index contributed by atoms with van der Waals surface area (Å²) in [5.41, 5.74) is 0.916. The number of carbonyl (C=O) groups excluding carboxylic acids is 1. The van der Waals surface area contributed by atoms with E-state index in [1.54, 1.807) is 37.4 Å². The molecule has 0 fully saturated rings. The summed E-state index contributed by atoms with van der Waals surface area (Å²) in [5.74, 6) is 1.72. The number of benzene rings is 1. The maximum Gasteiger partial charge on any atom is 0.211 e. The average Bonchev–Trinajstić information content (AvgIpc) is 2.71. The third kappa shape index (κ3) is 2.47. The number of aryl methyl sites for hydroxylation is 1. The van der Waals surface area contributed by atoms with Crippen LogP contribution in [0.15, 0.2) is 30.5 Å². The molecule has 0 aliphatic carbocycles. The van der Waals surface area contributed by atoms with E-state index < -0.39 is 0 Å². The largest absolute Gasteiger partial charge is 0.490 e. The lowest BCUT2D eigenvalue weighted by molar-refractivity contribution is 0.103. The van der Waals surface area contributed by atoms with Crippen molar-refractivity contribution >= 4 is 5.78 Å². The van der Waals surface area contributed by atoms with Gasteiger partial charge in [-0.2, -0.15) is 0 Å². The van der Waals surface area contributed by atoms with Crippen molar-refractivity contribution in [3.63, 3.8) is 0 Å². The molecule has 20 heavy (non-hydrogen) atoms. The second kappa shape index (κ2) is 5.28. The summed E-state index contributed by atoms with van der Waals surface area (Å²) in [7, 11) is 0. The number of ketones is 1. The Balaban J connectivity index is 1.94. The first-order valence-electron chi connectivity index (χ1n) is 6.48. The number of fused-ring (bicyclic) bond motifs is 1. The van der Waals surface area contributed by atoms with E-state index in [1.807, 2.05) is 0 Å². The Morgan fingerprint density at radius 2 is 1.95 bits per heavy atom. The molecule has 0 saturated heterocycles. The molecule has 5 heteroatoms. The van der Waals surface area contributed by atoms with Crippen molar-refractivity contribution < 1.29 is 14.3 Å². The zero-order valence-corrected chi connectivity index (χ0v) is 11.1. The highest BCUT2D eigenvalue weighted by Gasteiger charge is 2.16. The minimum Gasteiger partial charge on any atom is -0.490 e. The van der Waals surface area contributed by atoms with Gasteiger partial charge in [-0.1, -0.05) is 0 Å². The molecular weight excluding hydrogens is 256 g/mol. The average molecular weight is 270 g/mol. The predicted octanol–water partition coefficient (Wildman–Crippen LogP) is 2.18. The van der Waals surface area contributed by atoms with Gasteiger partial charge in [0.2, 0.25) is 5.78 Å². The summed E-state index contributed by atoms with van der Waals surface area (Å²) in [5, 5.41) is 0. The fourth-order valence-electron chi connectivity index (χ4n) is 2.04. The summed E-state index contributed by atoms with van der Waals surface area (Å²) >= 11 is 0. The molecule has 2 heterocycles. The molecular formula is C15H14N2O3. The lowest BCUT2D eigenvalue weighted by Crippen LogP contribution is -2.06. The zero-order valence-electron chi connectivity index (χ0n) is 11.1. The Morgan fingerprint density at radius 1 is 1.15 bits per heavy atom. The molecule has 2 aromatic rings. The van der Waals surface area contributed by atoms with Crippen molar-refractivity contribution in [1.82, 2.24) is 9.97 Å². The summed E-state index contributed by atoms with van der Waals surface area (Å²) < 4.78 is 11.1. The van der Waals surface area contributed by atoms with Crippen LogP contribution in [-0.4, -0.2) is 29.0 Å². The number of nitrogens with zero attached hydrogens (tertiary/aromatic N) is 2. The molecule has 0 unspecified atom stereocenters. The van der Waals surface area contributed by atoms with Gasteiger partial charge in [0.1, 0.15) is 11.5 Å². The first-order valence-corrected chi connectivity index (χ1v) is 6.48. The molecule has 5 nitrogen and oxygen atoms in total. The third-order valence-electron chi connectivity index (χ3n) is 3.02. The predicted molar refractivity (Wildman–Crippen MR) is 72.3 cm³/mol. The van der Waals surface area contributed by atoms with Gasteiger partial charge in [-0.15, -0.1) is 0 Å². The van der Waals surface area contributed by atoms with E-state index in [0.717, 1.165) is 6.42 Å². The number of aromatic nitrogens is 2. The van der Waals surface area contributed by atoms with Crippen LogP contribution in [0.25, 0.3) is 0 Å². The van der Waals surface area contributed by atoms with E-state index in [1.165, 1.54) is 0 Å². The van der Waals surface area contributed by atoms with Crippen LogP contribution in [0.3, 0.4) is 0 Å². The molecule has 1 aromatic carbocycles. The van der Waals surface area contributed by atoms with Crippen molar-refractivity contribution in [2.24, 2.45) is 0 Å². The smallest absolute Gasteiger partial charge is 0.211 e. The number of carbonyl (C=O) groups is 1. The monoisotopic (exact) mass is 270 g/mol. The van der Waals surface area contributed by atoms with E-state index in [0.29, 0.717) is 41.8 Å². The molecule has 3 rings (SSSR count). The Bertz CT molecular complexity index is 655. The van der Waals surface area contributed by atoms with Gasteiger partial charge in [0.25, 0.3) is 0 Å². The number of hydrogen-bond donors (Lipinski definition) is 0. The van der Waals surface area contributed by atoms with Crippen LogP contribution in [0.5, 0.6) is 11.5 Å². The lowest BCUT2D eigenvalue weighted by atomic mass is 10.1. The molecule has 0 spiro atoms. The second-order valence-electron chi connectivity index (χ2n) is 4.53. The number of hydrogen-bond acceptors (Lipinski definition) is 5. The quantitative estimate of drug-likeness (QED) is 0.783. The second-order valence-corrected chi connectivity index (χ2v) is 4.53.